The SMILES string of the molecule is COc1cccc(-n2c(C(C)Cl)nc3c(C)cccc32)c1. The lowest BCUT2D eigenvalue weighted by Crippen LogP contribution is -2.02. The van der Waals surface area contributed by atoms with Gasteiger partial charge < -0.3 is 4.74 Å². The molecule has 0 aliphatic rings. The molecule has 3 aromatic rings. The van der Waals surface area contributed by atoms with Crippen LogP contribution < -0.4 is 4.74 Å². The first kappa shape index (κ1) is 14.0. The van der Waals surface area contributed by atoms with Gasteiger partial charge in [-0.3, -0.25) is 4.57 Å². The summed E-state index contributed by atoms with van der Waals surface area (Å²) in [5, 5.41) is -0.178. The fourth-order valence-corrected chi connectivity index (χ4v) is 2.69. The van der Waals surface area contributed by atoms with Crippen molar-refractivity contribution >= 4 is 22.6 Å². The lowest BCUT2D eigenvalue weighted by Gasteiger charge is -2.11. The number of fused-ring (bicyclic) bond motifs is 1. The van der Waals surface area contributed by atoms with E-state index in [0.717, 1.165) is 33.9 Å². The van der Waals surface area contributed by atoms with Crippen molar-refractivity contribution in [2.45, 2.75) is 19.2 Å². The minimum atomic E-state index is -0.178. The average Bonchev–Trinajstić information content (AvgIpc) is 2.88. The minimum absolute atomic E-state index is 0.178. The van der Waals surface area contributed by atoms with Crippen molar-refractivity contribution < 1.29 is 4.74 Å². The summed E-state index contributed by atoms with van der Waals surface area (Å²) in [7, 11) is 1.67. The maximum Gasteiger partial charge on any atom is 0.132 e. The Kier molecular flexibility index (Phi) is 3.60. The fourth-order valence-electron chi connectivity index (χ4n) is 2.55. The molecule has 3 nitrogen and oxygen atoms in total. The number of ether oxygens (including phenoxy) is 1. The normalized spacial score (nSPS) is 12.6. The summed E-state index contributed by atoms with van der Waals surface area (Å²) < 4.78 is 7.42. The first-order chi connectivity index (χ1) is 10.1. The lowest BCUT2D eigenvalue weighted by molar-refractivity contribution is 0.414. The van der Waals surface area contributed by atoms with E-state index in [9.17, 15) is 0 Å². The molecule has 0 amide bonds. The molecule has 0 bridgehead atoms. The van der Waals surface area contributed by atoms with E-state index < -0.39 is 0 Å². The number of alkyl halides is 1. The largest absolute Gasteiger partial charge is 0.497 e. The van der Waals surface area contributed by atoms with Crippen LogP contribution in [0.1, 0.15) is 23.7 Å². The molecule has 1 heterocycles. The molecule has 4 heteroatoms. The van der Waals surface area contributed by atoms with Crippen molar-refractivity contribution in [1.82, 2.24) is 9.55 Å². The third kappa shape index (κ3) is 2.38. The predicted molar refractivity (Wildman–Crippen MR) is 86.6 cm³/mol. The van der Waals surface area contributed by atoms with Gasteiger partial charge in [-0.15, -0.1) is 11.6 Å². The topological polar surface area (TPSA) is 27.1 Å². The summed E-state index contributed by atoms with van der Waals surface area (Å²) in [5.74, 6) is 1.66. The Hall–Kier alpha value is -2.00. The number of rotatable bonds is 3. The number of halogens is 1. The van der Waals surface area contributed by atoms with Crippen molar-refractivity contribution in [2.24, 2.45) is 0 Å². The maximum absolute atomic E-state index is 6.34. The van der Waals surface area contributed by atoms with Gasteiger partial charge in [-0.05, 0) is 37.6 Å². The summed E-state index contributed by atoms with van der Waals surface area (Å²) in [6.07, 6.45) is 0. The predicted octanol–water partition coefficient (Wildman–Crippen LogP) is 4.64. The van der Waals surface area contributed by atoms with Crippen LogP contribution in [0.4, 0.5) is 0 Å². The molecule has 3 rings (SSSR count). The number of hydrogen-bond donors (Lipinski definition) is 0. The maximum atomic E-state index is 6.34. The lowest BCUT2D eigenvalue weighted by atomic mass is 10.2. The second kappa shape index (κ2) is 5.41. The van der Waals surface area contributed by atoms with Gasteiger partial charge in [0.2, 0.25) is 0 Å². The van der Waals surface area contributed by atoms with Crippen LogP contribution in [0.15, 0.2) is 42.5 Å². The molecule has 0 saturated heterocycles. The summed E-state index contributed by atoms with van der Waals surface area (Å²) in [6.45, 7) is 4.00. The first-order valence-corrected chi connectivity index (χ1v) is 7.32. The smallest absolute Gasteiger partial charge is 0.132 e. The highest BCUT2D eigenvalue weighted by molar-refractivity contribution is 6.20. The Labute approximate surface area is 129 Å². The van der Waals surface area contributed by atoms with E-state index in [2.05, 4.69) is 23.6 Å². The Morgan fingerprint density at radius 2 is 1.95 bits per heavy atom. The van der Waals surface area contributed by atoms with Gasteiger partial charge in [0, 0.05) is 6.07 Å². The summed E-state index contributed by atoms with van der Waals surface area (Å²) in [5.41, 5.74) is 4.20. The zero-order valence-corrected chi connectivity index (χ0v) is 13.1. The highest BCUT2D eigenvalue weighted by Gasteiger charge is 2.17. The number of hydrogen-bond acceptors (Lipinski definition) is 2. The van der Waals surface area contributed by atoms with E-state index >= 15 is 0 Å². The Bertz CT molecular complexity index is 793. The Morgan fingerprint density at radius 1 is 1.19 bits per heavy atom. The van der Waals surface area contributed by atoms with Crippen LogP contribution in [0.3, 0.4) is 0 Å². The molecule has 0 spiro atoms. The molecular weight excluding hydrogens is 284 g/mol. The first-order valence-electron chi connectivity index (χ1n) is 6.88. The number of aromatic nitrogens is 2. The quantitative estimate of drug-likeness (QED) is 0.659. The van der Waals surface area contributed by atoms with E-state index in [4.69, 9.17) is 21.3 Å². The number of para-hydroxylation sites is 1. The monoisotopic (exact) mass is 300 g/mol. The van der Waals surface area contributed by atoms with Gasteiger partial charge in [-0.25, -0.2) is 4.98 Å². The average molecular weight is 301 g/mol. The standard InChI is InChI=1S/C17H17ClN2O/c1-11-6-4-9-15-16(11)19-17(12(2)18)20(15)13-7-5-8-14(10-13)21-3/h4-10,12H,1-3H3. The summed E-state index contributed by atoms with van der Waals surface area (Å²) >= 11 is 6.34. The summed E-state index contributed by atoms with van der Waals surface area (Å²) in [6, 6.07) is 14.1. The van der Waals surface area contributed by atoms with E-state index in [1.807, 2.05) is 37.3 Å². The van der Waals surface area contributed by atoms with Crippen LogP contribution in [0.5, 0.6) is 5.75 Å². The molecule has 1 unspecified atom stereocenters. The van der Waals surface area contributed by atoms with Gasteiger partial charge in [0.25, 0.3) is 0 Å². The third-order valence-corrected chi connectivity index (χ3v) is 3.78. The Balaban J connectivity index is 2.33. The Morgan fingerprint density at radius 3 is 2.67 bits per heavy atom. The second-order valence-corrected chi connectivity index (χ2v) is 5.72. The van der Waals surface area contributed by atoms with E-state index in [1.165, 1.54) is 0 Å². The molecule has 0 saturated carbocycles. The summed E-state index contributed by atoms with van der Waals surface area (Å²) in [4.78, 5) is 4.73. The van der Waals surface area contributed by atoms with Crippen LogP contribution >= 0.6 is 11.6 Å². The molecule has 1 atom stereocenters. The second-order valence-electron chi connectivity index (χ2n) is 5.07. The highest BCUT2D eigenvalue weighted by atomic mass is 35.5. The van der Waals surface area contributed by atoms with E-state index in [1.54, 1.807) is 7.11 Å². The van der Waals surface area contributed by atoms with Crippen molar-refractivity contribution in [1.29, 1.82) is 0 Å². The van der Waals surface area contributed by atoms with E-state index in [0.29, 0.717) is 0 Å². The molecule has 0 N–H and O–H groups in total. The molecule has 108 valence electrons. The van der Waals surface area contributed by atoms with Crippen LogP contribution in [-0.2, 0) is 0 Å². The van der Waals surface area contributed by atoms with Crippen LogP contribution in [0.2, 0.25) is 0 Å². The number of imidazole rings is 1. The van der Waals surface area contributed by atoms with Gasteiger partial charge in [0.1, 0.15) is 11.6 Å². The van der Waals surface area contributed by atoms with Crippen molar-refractivity contribution in [3.63, 3.8) is 0 Å². The molecule has 0 radical (unpaired) electrons. The van der Waals surface area contributed by atoms with Gasteiger partial charge in [0.15, 0.2) is 0 Å². The number of nitrogens with zero attached hydrogens (tertiary/aromatic N) is 2. The van der Waals surface area contributed by atoms with Crippen molar-refractivity contribution in [3.05, 3.63) is 53.9 Å². The number of aryl methyl sites for hydroxylation is 1. The number of benzene rings is 2. The zero-order valence-electron chi connectivity index (χ0n) is 12.3. The highest BCUT2D eigenvalue weighted by Crippen LogP contribution is 2.30. The molecular formula is C17H17ClN2O. The molecule has 0 fully saturated rings. The van der Waals surface area contributed by atoms with Crippen LogP contribution in [-0.4, -0.2) is 16.7 Å². The zero-order chi connectivity index (χ0) is 15.0. The molecule has 0 aliphatic heterocycles. The molecule has 21 heavy (non-hydrogen) atoms. The van der Waals surface area contributed by atoms with Crippen molar-refractivity contribution in [3.8, 4) is 11.4 Å². The molecule has 1 aromatic heterocycles. The minimum Gasteiger partial charge on any atom is -0.497 e. The fraction of sp³-hybridized carbons (Fsp3) is 0.235. The molecule has 0 aliphatic carbocycles. The van der Waals surface area contributed by atoms with E-state index in [-0.39, 0.29) is 5.38 Å². The third-order valence-electron chi connectivity index (χ3n) is 3.58. The number of methoxy groups -OCH3 is 1. The van der Waals surface area contributed by atoms with Gasteiger partial charge in [-0.1, -0.05) is 18.2 Å². The van der Waals surface area contributed by atoms with Crippen LogP contribution in [0, 0.1) is 6.92 Å². The van der Waals surface area contributed by atoms with Gasteiger partial charge in [-0.2, -0.15) is 0 Å². The van der Waals surface area contributed by atoms with Crippen molar-refractivity contribution in [2.75, 3.05) is 7.11 Å². The van der Waals surface area contributed by atoms with Gasteiger partial charge in [0.05, 0.1) is 29.2 Å². The van der Waals surface area contributed by atoms with Gasteiger partial charge >= 0.3 is 0 Å². The molecule has 2 aromatic carbocycles. The van der Waals surface area contributed by atoms with Crippen LogP contribution in [0.25, 0.3) is 16.7 Å².